The van der Waals surface area contributed by atoms with Crippen molar-refractivity contribution in [3.8, 4) is 0 Å². The first-order chi connectivity index (χ1) is 6.38. The molecule has 0 aromatic carbocycles. The van der Waals surface area contributed by atoms with Crippen LogP contribution in [-0.4, -0.2) is 10.3 Å². The quantitative estimate of drug-likeness (QED) is 0.703. The molecular formula is C10H18N2O. The van der Waals surface area contributed by atoms with Gasteiger partial charge in [0.15, 0.2) is 0 Å². The van der Waals surface area contributed by atoms with Crippen LogP contribution < -0.4 is 0 Å². The average Bonchev–Trinajstić information content (AvgIpc) is 2.70. The summed E-state index contributed by atoms with van der Waals surface area (Å²) in [7, 11) is 0. The molecule has 74 valence electrons. The highest BCUT2D eigenvalue weighted by atomic mass is 16.6. The van der Waals surface area contributed by atoms with Crippen LogP contribution in [0.15, 0.2) is 17.8 Å². The second-order valence-corrected chi connectivity index (χ2v) is 1.44. The molecule has 1 heterocycles. The molecule has 0 amide bonds. The molecule has 0 aliphatic carbocycles. The molecule has 1 rings (SSSR count). The van der Waals surface area contributed by atoms with E-state index in [1.54, 1.807) is 12.2 Å². The Morgan fingerprint density at radius 3 is 1.46 bits per heavy atom. The summed E-state index contributed by atoms with van der Waals surface area (Å²) >= 11 is 0. The van der Waals surface area contributed by atoms with Gasteiger partial charge in [0, 0.05) is 0 Å². The molecule has 0 N–H and O–H groups in total. The molecule has 3 nitrogen and oxygen atoms in total. The zero-order valence-electron chi connectivity index (χ0n) is 8.87. The lowest BCUT2D eigenvalue weighted by Crippen LogP contribution is -1.73. The van der Waals surface area contributed by atoms with Crippen molar-refractivity contribution in [1.29, 1.82) is 0 Å². The second-order valence-electron chi connectivity index (χ2n) is 1.44. The Bertz CT molecular complexity index is 206. The summed E-state index contributed by atoms with van der Waals surface area (Å²) in [5.41, 5.74) is 1.26. The van der Waals surface area contributed by atoms with Gasteiger partial charge in [-0.25, -0.2) is 4.63 Å². The SMILES string of the molecule is C=Cc1nonc1C=C.CC.CC. The van der Waals surface area contributed by atoms with Crippen molar-refractivity contribution in [2.45, 2.75) is 27.7 Å². The van der Waals surface area contributed by atoms with E-state index in [0.717, 1.165) is 0 Å². The predicted octanol–water partition coefficient (Wildman–Crippen LogP) is 3.41. The zero-order chi connectivity index (χ0) is 10.7. The van der Waals surface area contributed by atoms with Gasteiger partial charge >= 0.3 is 0 Å². The Labute approximate surface area is 80.1 Å². The number of rotatable bonds is 2. The number of hydrogen-bond donors (Lipinski definition) is 0. The Balaban J connectivity index is 0. The van der Waals surface area contributed by atoms with E-state index in [4.69, 9.17) is 0 Å². The molecule has 0 bridgehead atoms. The van der Waals surface area contributed by atoms with Gasteiger partial charge in [-0.2, -0.15) is 0 Å². The normalized spacial score (nSPS) is 7.08. The van der Waals surface area contributed by atoms with Gasteiger partial charge < -0.3 is 0 Å². The highest BCUT2D eigenvalue weighted by Crippen LogP contribution is 2.03. The van der Waals surface area contributed by atoms with Crippen molar-refractivity contribution >= 4 is 12.2 Å². The molecule has 0 saturated heterocycles. The summed E-state index contributed by atoms with van der Waals surface area (Å²) in [6, 6.07) is 0. The van der Waals surface area contributed by atoms with E-state index in [2.05, 4.69) is 28.1 Å². The van der Waals surface area contributed by atoms with Crippen LogP contribution in [0.5, 0.6) is 0 Å². The van der Waals surface area contributed by atoms with Crippen molar-refractivity contribution in [3.63, 3.8) is 0 Å². The minimum absolute atomic E-state index is 0.630. The molecule has 1 aromatic heterocycles. The lowest BCUT2D eigenvalue weighted by molar-refractivity contribution is 0.305. The summed E-state index contributed by atoms with van der Waals surface area (Å²) in [5.74, 6) is 0. The Morgan fingerprint density at radius 1 is 0.923 bits per heavy atom. The number of aromatic nitrogens is 2. The molecule has 0 saturated carbocycles. The summed E-state index contributed by atoms with van der Waals surface area (Å²) < 4.78 is 4.38. The van der Waals surface area contributed by atoms with Crippen molar-refractivity contribution in [1.82, 2.24) is 10.3 Å². The van der Waals surface area contributed by atoms with E-state index in [1.807, 2.05) is 27.7 Å². The molecule has 0 atom stereocenters. The Morgan fingerprint density at radius 2 is 1.23 bits per heavy atom. The fourth-order valence-corrected chi connectivity index (χ4v) is 0.486. The van der Waals surface area contributed by atoms with Crippen molar-refractivity contribution < 1.29 is 4.63 Å². The lowest BCUT2D eigenvalue weighted by Gasteiger charge is -1.77. The predicted molar refractivity (Wildman–Crippen MR) is 57.2 cm³/mol. The maximum Gasteiger partial charge on any atom is 0.134 e. The Kier molecular flexibility index (Phi) is 11.6. The monoisotopic (exact) mass is 182 g/mol. The lowest BCUT2D eigenvalue weighted by atomic mass is 10.3. The fourth-order valence-electron chi connectivity index (χ4n) is 0.486. The van der Waals surface area contributed by atoms with E-state index in [1.165, 1.54) is 0 Å². The molecule has 0 aliphatic rings. The smallest absolute Gasteiger partial charge is 0.134 e. The van der Waals surface area contributed by atoms with Gasteiger partial charge in [0.25, 0.3) is 0 Å². The summed E-state index contributed by atoms with van der Waals surface area (Å²) in [5, 5.41) is 7.06. The molecule has 3 heteroatoms. The molecule has 1 aromatic rings. The highest BCUT2D eigenvalue weighted by Gasteiger charge is 1.98. The first kappa shape index (κ1) is 14.2. The minimum atomic E-state index is 0.630. The summed E-state index contributed by atoms with van der Waals surface area (Å²) in [6.45, 7) is 15.0. The van der Waals surface area contributed by atoms with Crippen LogP contribution in [0, 0.1) is 0 Å². The first-order valence-electron chi connectivity index (χ1n) is 4.46. The van der Waals surface area contributed by atoms with Gasteiger partial charge in [0.05, 0.1) is 0 Å². The third kappa shape index (κ3) is 4.95. The Hall–Kier alpha value is -1.38. The number of hydrogen-bond acceptors (Lipinski definition) is 3. The molecule has 0 spiro atoms. The van der Waals surface area contributed by atoms with E-state index in [-0.39, 0.29) is 0 Å². The molecule has 0 fully saturated rings. The van der Waals surface area contributed by atoms with Gasteiger partial charge in [-0.3, -0.25) is 0 Å². The van der Waals surface area contributed by atoms with Crippen LogP contribution in [0.4, 0.5) is 0 Å². The van der Waals surface area contributed by atoms with Crippen LogP contribution >= 0.6 is 0 Å². The molecule has 0 aliphatic heterocycles. The van der Waals surface area contributed by atoms with Crippen LogP contribution in [0.2, 0.25) is 0 Å². The van der Waals surface area contributed by atoms with Crippen LogP contribution in [0.25, 0.3) is 12.2 Å². The van der Waals surface area contributed by atoms with Gasteiger partial charge in [-0.1, -0.05) is 40.9 Å². The van der Waals surface area contributed by atoms with E-state index in [9.17, 15) is 0 Å². The average molecular weight is 182 g/mol. The van der Waals surface area contributed by atoms with E-state index in [0.29, 0.717) is 11.4 Å². The van der Waals surface area contributed by atoms with Crippen LogP contribution in [-0.2, 0) is 0 Å². The van der Waals surface area contributed by atoms with Crippen molar-refractivity contribution in [3.05, 3.63) is 24.5 Å². The van der Waals surface area contributed by atoms with Crippen LogP contribution in [0.1, 0.15) is 39.1 Å². The third-order valence-electron chi connectivity index (χ3n) is 0.927. The maximum atomic E-state index is 4.38. The van der Waals surface area contributed by atoms with Crippen molar-refractivity contribution in [2.24, 2.45) is 0 Å². The third-order valence-corrected chi connectivity index (χ3v) is 0.927. The number of nitrogens with zero attached hydrogens (tertiary/aromatic N) is 2. The summed E-state index contributed by atoms with van der Waals surface area (Å²) in [6.07, 6.45) is 3.13. The second kappa shape index (κ2) is 10.6. The van der Waals surface area contributed by atoms with Crippen LogP contribution in [0.3, 0.4) is 0 Å². The van der Waals surface area contributed by atoms with Gasteiger partial charge in [0.1, 0.15) is 11.4 Å². The molecule has 13 heavy (non-hydrogen) atoms. The first-order valence-corrected chi connectivity index (χ1v) is 4.46. The minimum Gasteiger partial charge on any atom is -0.243 e. The largest absolute Gasteiger partial charge is 0.243 e. The molecular weight excluding hydrogens is 164 g/mol. The van der Waals surface area contributed by atoms with E-state index < -0.39 is 0 Å². The standard InChI is InChI=1S/C6H6N2O.2C2H6/c1-3-5-6(4-2)8-9-7-5;2*1-2/h3-4H,1-2H2;2*1-2H3. The topological polar surface area (TPSA) is 38.9 Å². The van der Waals surface area contributed by atoms with E-state index >= 15 is 0 Å². The van der Waals surface area contributed by atoms with Gasteiger partial charge in [-0.15, -0.1) is 0 Å². The van der Waals surface area contributed by atoms with Gasteiger partial charge in [-0.05, 0) is 22.5 Å². The maximum absolute atomic E-state index is 4.38. The van der Waals surface area contributed by atoms with Crippen molar-refractivity contribution in [2.75, 3.05) is 0 Å². The van der Waals surface area contributed by atoms with Gasteiger partial charge in [0.2, 0.25) is 0 Å². The highest BCUT2D eigenvalue weighted by molar-refractivity contribution is 5.55. The zero-order valence-corrected chi connectivity index (χ0v) is 8.87. The molecule has 0 unspecified atom stereocenters. The molecule has 0 radical (unpaired) electrons. The fraction of sp³-hybridized carbons (Fsp3) is 0.400. The summed E-state index contributed by atoms with van der Waals surface area (Å²) in [4.78, 5) is 0.